The fraction of sp³-hybridized carbons (Fsp3) is 0.176. The van der Waals surface area contributed by atoms with Crippen LogP contribution in [0, 0.1) is 0 Å². The van der Waals surface area contributed by atoms with E-state index < -0.39 is 0 Å². The molecule has 0 aliphatic heterocycles. The van der Waals surface area contributed by atoms with Gasteiger partial charge in [0.2, 0.25) is 5.91 Å². The topological polar surface area (TPSA) is 55.1 Å². The highest BCUT2D eigenvalue weighted by atomic mass is 127. The molecule has 0 saturated heterocycles. The smallest absolute Gasteiger partial charge is 0.224 e. The fourth-order valence-electron chi connectivity index (χ4n) is 1.88. The molecule has 2 rings (SSSR count). The molecule has 0 spiro atoms. The van der Waals surface area contributed by atoms with Gasteiger partial charge in [0.05, 0.1) is 13.0 Å². The number of hydrogen-bond acceptors (Lipinski definition) is 3. The lowest BCUT2D eigenvalue weighted by Crippen LogP contribution is -2.24. The minimum absolute atomic E-state index is 0.0316. The molecule has 1 heterocycles. The second-order valence-electron chi connectivity index (χ2n) is 4.79. The van der Waals surface area contributed by atoms with E-state index in [-0.39, 0.29) is 5.91 Å². The standard InChI is InChI=1S/C17H17IN2O2/c1-13(6-5-9-18)16-11-15(20-22-16)12-19-17(21)10-14-7-3-2-4-8-14/h2-9,11H,10,12H2,1H3,(H,19,21)/b9-5-,13-6+. The zero-order valence-corrected chi connectivity index (χ0v) is 14.4. The molecule has 1 amide bonds. The van der Waals surface area contributed by atoms with Gasteiger partial charge in [0.1, 0.15) is 5.69 Å². The van der Waals surface area contributed by atoms with E-state index in [0.717, 1.165) is 11.1 Å². The molecule has 0 radical (unpaired) electrons. The Bertz CT molecular complexity index is 675. The highest BCUT2D eigenvalue weighted by Gasteiger charge is 2.08. The van der Waals surface area contributed by atoms with Crippen molar-refractivity contribution in [3.8, 4) is 0 Å². The van der Waals surface area contributed by atoms with E-state index in [0.29, 0.717) is 24.4 Å². The molecule has 0 bridgehead atoms. The normalized spacial score (nSPS) is 11.8. The molecule has 0 saturated carbocycles. The molecule has 4 nitrogen and oxygen atoms in total. The summed E-state index contributed by atoms with van der Waals surface area (Å²) in [7, 11) is 0. The van der Waals surface area contributed by atoms with Gasteiger partial charge in [-0.25, -0.2) is 0 Å². The summed E-state index contributed by atoms with van der Waals surface area (Å²) in [6.45, 7) is 2.32. The van der Waals surface area contributed by atoms with Crippen LogP contribution in [0.4, 0.5) is 0 Å². The summed E-state index contributed by atoms with van der Waals surface area (Å²) in [5.41, 5.74) is 2.69. The van der Waals surface area contributed by atoms with Crippen LogP contribution in [0.1, 0.15) is 23.9 Å². The lowest BCUT2D eigenvalue weighted by atomic mass is 10.1. The maximum atomic E-state index is 11.9. The molecule has 114 valence electrons. The molecule has 0 fully saturated rings. The van der Waals surface area contributed by atoms with E-state index >= 15 is 0 Å². The van der Waals surface area contributed by atoms with Crippen molar-refractivity contribution in [3.63, 3.8) is 0 Å². The molecular weight excluding hydrogens is 391 g/mol. The Kier molecular flexibility index (Phi) is 6.39. The molecule has 1 aromatic carbocycles. The van der Waals surface area contributed by atoms with Crippen molar-refractivity contribution in [1.29, 1.82) is 0 Å². The van der Waals surface area contributed by atoms with Gasteiger partial charge >= 0.3 is 0 Å². The van der Waals surface area contributed by atoms with E-state index in [1.54, 1.807) is 0 Å². The van der Waals surface area contributed by atoms with Crippen molar-refractivity contribution < 1.29 is 9.32 Å². The summed E-state index contributed by atoms with van der Waals surface area (Å²) < 4.78 is 7.19. The monoisotopic (exact) mass is 408 g/mol. The highest BCUT2D eigenvalue weighted by Crippen LogP contribution is 2.15. The van der Waals surface area contributed by atoms with E-state index in [9.17, 15) is 4.79 Å². The van der Waals surface area contributed by atoms with Crippen LogP contribution >= 0.6 is 22.6 Å². The number of nitrogens with zero attached hydrogens (tertiary/aromatic N) is 1. The quantitative estimate of drug-likeness (QED) is 0.583. The third kappa shape index (κ3) is 5.14. The molecule has 1 N–H and O–H groups in total. The number of halogens is 1. The van der Waals surface area contributed by atoms with Gasteiger partial charge in [0.15, 0.2) is 5.76 Å². The summed E-state index contributed by atoms with van der Waals surface area (Å²) in [5.74, 6) is 0.678. The molecule has 1 aromatic heterocycles. The number of amides is 1. The average Bonchev–Trinajstić information content (AvgIpc) is 3.01. The number of allylic oxidation sites excluding steroid dienone is 3. The lowest BCUT2D eigenvalue weighted by Gasteiger charge is -2.02. The third-order valence-corrected chi connectivity index (χ3v) is 3.46. The SMILES string of the molecule is C/C(=C\C=C/I)c1cc(CNC(=O)Cc2ccccc2)no1. The van der Waals surface area contributed by atoms with Gasteiger partial charge in [-0.15, -0.1) is 0 Å². The highest BCUT2D eigenvalue weighted by molar-refractivity contribution is 14.1. The maximum absolute atomic E-state index is 11.9. The van der Waals surface area contributed by atoms with E-state index in [1.165, 1.54) is 0 Å². The van der Waals surface area contributed by atoms with Gasteiger partial charge in [-0.3, -0.25) is 4.79 Å². The Morgan fingerprint density at radius 1 is 1.36 bits per heavy atom. The number of benzene rings is 1. The van der Waals surface area contributed by atoms with E-state index in [2.05, 4.69) is 33.1 Å². The molecule has 2 aromatic rings. The van der Waals surface area contributed by atoms with Gasteiger partial charge in [0, 0.05) is 6.07 Å². The number of carbonyl (C=O) groups is 1. The number of hydrogen-bond donors (Lipinski definition) is 1. The zero-order chi connectivity index (χ0) is 15.8. The second kappa shape index (κ2) is 8.53. The predicted octanol–water partition coefficient (Wildman–Crippen LogP) is 3.89. The molecule has 5 heteroatoms. The molecule has 0 unspecified atom stereocenters. The summed E-state index contributed by atoms with van der Waals surface area (Å²) in [5, 5.41) is 6.81. The first-order chi connectivity index (χ1) is 10.7. The first-order valence-electron chi connectivity index (χ1n) is 6.89. The van der Waals surface area contributed by atoms with Gasteiger partial charge in [0.25, 0.3) is 0 Å². The summed E-state index contributed by atoms with van der Waals surface area (Å²) >= 11 is 2.16. The van der Waals surface area contributed by atoms with E-state index in [4.69, 9.17) is 4.52 Å². The zero-order valence-electron chi connectivity index (χ0n) is 12.3. The number of nitrogens with one attached hydrogen (secondary N) is 1. The Labute approximate surface area is 143 Å². The summed E-state index contributed by atoms with van der Waals surface area (Å²) in [6.07, 6.45) is 4.25. The van der Waals surface area contributed by atoms with Crippen LogP contribution in [0.25, 0.3) is 5.57 Å². The van der Waals surface area contributed by atoms with Gasteiger partial charge < -0.3 is 9.84 Å². The van der Waals surface area contributed by atoms with Crippen LogP contribution < -0.4 is 5.32 Å². The fourth-order valence-corrected chi connectivity index (χ4v) is 2.08. The molecule has 0 aliphatic rings. The average molecular weight is 408 g/mol. The van der Waals surface area contributed by atoms with E-state index in [1.807, 2.05) is 59.6 Å². The van der Waals surface area contributed by atoms with Crippen molar-refractivity contribution in [2.24, 2.45) is 0 Å². The third-order valence-electron chi connectivity index (χ3n) is 3.04. The van der Waals surface area contributed by atoms with Gasteiger partial charge in [-0.1, -0.05) is 70.2 Å². The summed E-state index contributed by atoms with van der Waals surface area (Å²) in [6, 6.07) is 11.5. The maximum Gasteiger partial charge on any atom is 0.224 e. The predicted molar refractivity (Wildman–Crippen MR) is 95.3 cm³/mol. The minimum Gasteiger partial charge on any atom is -0.356 e. The van der Waals surface area contributed by atoms with Crippen LogP contribution in [0.5, 0.6) is 0 Å². The van der Waals surface area contributed by atoms with Gasteiger partial charge in [-0.05, 0) is 22.1 Å². The van der Waals surface area contributed by atoms with Crippen molar-refractivity contribution in [1.82, 2.24) is 10.5 Å². The Hall–Kier alpha value is -1.89. The first-order valence-corrected chi connectivity index (χ1v) is 8.14. The number of aromatic nitrogens is 1. The number of rotatable bonds is 6. The largest absolute Gasteiger partial charge is 0.356 e. The van der Waals surface area contributed by atoms with Crippen molar-refractivity contribution >= 4 is 34.1 Å². The Morgan fingerprint density at radius 2 is 2.14 bits per heavy atom. The first kappa shape index (κ1) is 16.5. The van der Waals surface area contributed by atoms with Crippen LogP contribution in [-0.2, 0) is 17.8 Å². The van der Waals surface area contributed by atoms with Crippen LogP contribution in [-0.4, -0.2) is 11.1 Å². The van der Waals surface area contributed by atoms with Gasteiger partial charge in [-0.2, -0.15) is 0 Å². The molecular formula is C17H17IN2O2. The minimum atomic E-state index is -0.0316. The van der Waals surface area contributed by atoms with Crippen molar-refractivity contribution in [2.75, 3.05) is 0 Å². The summed E-state index contributed by atoms with van der Waals surface area (Å²) in [4.78, 5) is 11.9. The lowest BCUT2D eigenvalue weighted by molar-refractivity contribution is -0.120. The van der Waals surface area contributed by atoms with Crippen LogP contribution in [0.15, 0.2) is 57.2 Å². The van der Waals surface area contributed by atoms with Crippen LogP contribution in [0.3, 0.4) is 0 Å². The van der Waals surface area contributed by atoms with Crippen LogP contribution in [0.2, 0.25) is 0 Å². The Balaban J connectivity index is 1.87. The molecule has 0 aliphatic carbocycles. The molecule has 0 atom stereocenters. The molecule has 22 heavy (non-hydrogen) atoms. The van der Waals surface area contributed by atoms with Crippen molar-refractivity contribution in [2.45, 2.75) is 19.9 Å². The number of carbonyl (C=O) groups excluding carboxylic acids is 1. The second-order valence-corrected chi connectivity index (χ2v) is 5.51. The van der Waals surface area contributed by atoms with Crippen molar-refractivity contribution in [3.05, 3.63) is 69.7 Å². The Morgan fingerprint density at radius 3 is 2.86 bits per heavy atom.